The normalized spacial score (nSPS) is 20.6. The average molecular weight is 415 g/mol. The summed E-state index contributed by atoms with van der Waals surface area (Å²) >= 11 is 0. The molecule has 7 heteroatoms. The Kier molecular flexibility index (Phi) is 6.08. The molecule has 30 heavy (non-hydrogen) atoms. The Balaban J connectivity index is 1.65. The molecule has 0 aromatic heterocycles. The summed E-state index contributed by atoms with van der Waals surface area (Å²) in [5, 5.41) is 0. The number of nitrogens with zero attached hydrogens (tertiary/aromatic N) is 1. The molecule has 2 heterocycles. The molecule has 0 saturated carbocycles. The first-order valence-corrected chi connectivity index (χ1v) is 10.2. The molecule has 1 saturated heterocycles. The Labute approximate surface area is 175 Å². The zero-order valence-electron chi connectivity index (χ0n) is 17.2. The van der Waals surface area contributed by atoms with Crippen molar-refractivity contribution in [3.05, 3.63) is 53.3 Å². The van der Waals surface area contributed by atoms with E-state index in [-0.39, 0.29) is 24.4 Å². The van der Waals surface area contributed by atoms with E-state index >= 15 is 0 Å². The van der Waals surface area contributed by atoms with Crippen LogP contribution < -0.4 is 14.2 Å². The molecule has 4 rings (SSSR count). The van der Waals surface area contributed by atoms with Gasteiger partial charge in [0.2, 0.25) is 0 Å². The number of hydrogen-bond acceptors (Lipinski definition) is 5. The topological polar surface area (TPSA) is 57.2 Å². The average Bonchev–Trinajstić information content (AvgIpc) is 3.32. The minimum absolute atomic E-state index is 0.0133. The first-order chi connectivity index (χ1) is 14.6. The van der Waals surface area contributed by atoms with Crippen LogP contribution in [-0.4, -0.2) is 50.9 Å². The summed E-state index contributed by atoms with van der Waals surface area (Å²) in [7, 11) is 3.20. The van der Waals surface area contributed by atoms with Gasteiger partial charge in [-0.1, -0.05) is 0 Å². The van der Waals surface area contributed by atoms with Crippen LogP contribution in [-0.2, 0) is 16.0 Å². The minimum Gasteiger partial charge on any atom is -0.493 e. The third-order valence-corrected chi connectivity index (χ3v) is 5.71. The zero-order valence-corrected chi connectivity index (χ0v) is 17.2. The van der Waals surface area contributed by atoms with Crippen LogP contribution in [0.4, 0.5) is 4.39 Å². The highest BCUT2D eigenvalue weighted by atomic mass is 19.1. The lowest BCUT2D eigenvalue weighted by molar-refractivity contribution is -0.144. The smallest absolute Gasteiger partial charge is 0.252 e. The van der Waals surface area contributed by atoms with Crippen molar-refractivity contribution in [2.24, 2.45) is 0 Å². The molecule has 2 aromatic carbocycles. The first-order valence-electron chi connectivity index (χ1n) is 10.2. The number of benzene rings is 2. The van der Waals surface area contributed by atoms with E-state index in [4.69, 9.17) is 18.9 Å². The fourth-order valence-electron chi connectivity index (χ4n) is 4.14. The van der Waals surface area contributed by atoms with Crippen LogP contribution in [0, 0.1) is 5.82 Å². The largest absolute Gasteiger partial charge is 0.493 e. The maximum Gasteiger partial charge on any atom is 0.252 e. The number of amides is 1. The summed E-state index contributed by atoms with van der Waals surface area (Å²) in [6.07, 6.45) is 1.93. The molecule has 160 valence electrons. The number of carbonyl (C=O) groups is 1. The number of methoxy groups -OCH3 is 2. The third kappa shape index (κ3) is 4.07. The van der Waals surface area contributed by atoms with Gasteiger partial charge in [0.25, 0.3) is 5.91 Å². The van der Waals surface area contributed by atoms with E-state index in [1.807, 2.05) is 17.0 Å². The van der Waals surface area contributed by atoms with Gasteiger partial charge in [-0.3, -0.25) is 4.79 Å². The SMILES string of the molecule is COc1cc2c(cc1OC)C(COc1ccc(F)cc1)N(C(=O)C1CCCO1)CC2. The molecule has 0 bridgehead atoms. The number of carbonyl (C=O) groups excluding carboxylic acids is 1. The highest BCUT2D eigenvalue weighted by Crippen LogP contribution is 2.39. The second kappa shape index (κ2) is 8.92. The van der Waals surface area contributed by atoms with Gasteiger partial charge < -0.3 is 23.8 Å². The van der Waals surface area contributed by atoms with Crippen molar-refractivity contribution < 1.29 is 28.1 Å². The predicted molar refractivity (Wildman–Crippen MR) is 109 cm³/mol. The van der Waals surface area contributed by atoms with Gasteiger partial charge in [-0.2, -0.15) is 0 Å². The number of fused-ring (bicyclic) bond motifs is 1. The van der Waals surface area contributed by atoms with E-state index in [0.29, 0.717) is 36.8 Å². The summed E-state index contributed by atoms with van der Waals surface area (Å²) < 4.78 is 35.8. The summed E-state index contributed by atoms with van der Waals surface area (Å²) in [6, 6.07) is 9.45. The van der Waals surface area contributed by atoms with E-state index < -0.39 is 6.10 Å². The van der Waals surface area contributed by atoms with E-state index in [0.717, 1.165) is 24.0 Å². The molecule has 0 radical (unpaired) electrons. The Hall–Kier alpha value is -2.80. The lowest BCUT2D eigenvalue weighted by atomic mass is 9.91. The Morgan fingerprint density at radius 3 is 2.57 bits per heavy atom. The summed E-state index contributed by atoms with van der Waals surface area (Å²) in [5.74, 6) is 1.48. The van der Waals surface area contributed by atoms with E-state index in [1.54, 1.807) is 26.4 Å². The van der Waals surface area contributed by atoms with Gasteiger partial charge in [0.15, 0.2) is 11.5 Å². The molecule has 2 atom stereocenters. The van der Waals surface area contributed by atoms with Gasteiger partial charge in [-0.25, -0.2) is 4.39 Å². The van der Waals surface area contributed by atoms with Crippen molar-refractivity contribution in [3.8, 4) is 17.2 Å². The number of ether oxygens (including phenoxy) is 4. The maximum absolute atomic E-state index is 13.2. The molecule has 0 aliphatic carbocycles. The number of hydrogen-bond donors (Lipinski definition) is 0. The Bertz CT molecular complexity index is 895. The van der Waals surface area contributed by atoms with E-state index in [2.05, 4.69) is 0 Å². The fraction of sp³-hybridized carbons (Fsp3) is 0.435. The number of rotatable bonds is 6. The molecule has 1 amide bonds. The molecule has 0 N–H and O–H groups in total. The highest BCUT2D eigenvalue weighted by Gasteiger charge is 2.37. The van der Waals surface area contributed by atoms with Crippen molar-refractivity contribution >= 4 is 5.91 Å². The fourth-order valence-corrected chi connectivity index (χ4v) is 4.14. The second-order valence-electron chi connectivity index (χ2n) is 7.47. The van der Waals surface area contributed by atoms with Crippen molar-refractivity contribution in [3.63, 3.8) is 0 Å². The van der Waals surface area contributed by atoms with Gasteiger partial charge in [0.1, 0.15) is 24.3 Å². The van der Waals surface area contributed by atoms with Crippen molar-refractivity contribution in [2.75, 3.05) is 34.0 Å². The number of halogens is 1. The minimum atomic E-state index is -0.403. The van der Waals surface area contributed by atoms with Crippen molar-refractivity contribution in [1.29, 1.82) is 0 Å². The zero-order chi connectivity index (χ0) is 21.1. The van der Waals surface area contributed by atoms with Crippen LogP contribution in [0.5, 0.6) is 17.2 Å². The Morgan fingerprint density at radius 1 is 1.17 bits per heavy atom. The maximum atomic E-state index is 13.2. The van der Waals surface area contributed by atoms with Gasteiger partial charge in [-0.15, -0.1) is 0 Å². The molecule has 6 nitrogen and oxygen atoms in total. The van der Waals surface area contributed by atoms with Gasteiger partial charge >= 0.3 is 0 Å². The van der Waals surface area contributed by atoms with Gasteiger partial charge in [-0.05, 0) is 66.8 Å². The van der Waals surface area contributed by atoms with Crippen LogP contribution in [0.2, 0.25) is 0 Å². The van der Waals surface area contributed by atoms with Crippen LogP contribution in [0.25, 0.3) is 0 Å². The van der Waals surface area contributed by atoms with Crippen molar-refractivity contribution in [1.82, 2.24) is 4.90 Å². The summed E-state index contributed by atoms with van der Waals surface area (Å²) in [4.78, 5) is 15.0. The van der Waals surface area contributed by atoms with Crippen LogP contribution in [0.15, 0.2) is 36.4 Å². The molecule has 2 aromatic rings. The van der Waals surface area contributed by atoms with Gasteiger partial charge in [0, 0.05) is 13.2 Å². The van der Waals surface area contributed by atoms with Crippen molar-refractivity contribution in [2.45, 2.75) is 31.4 Å². The summed E-state index contributed by atoms with van der Waals surface area (Å²) in [5.41, 5.74) is 2.06. The van der Waals surface area contributed by atoms with Crippen LogP contribution in [0.1, 0.15) is 30.0 Å². The van der Waals surface area contributed by atoms with E-state index in [1.165, 1.54) is 12.1 Å². The second-order valence-corrected chi connectivity index (χ2v) is 7.47. The lowest BCUT2D eigenvalue weighted by Crippen LogP contribution is -2.46. The van der Waals surface area contributed by atoms with Gasteiger partial charge in [0.05, 0.1) is 20.3 Å². The third-order valence-electron chi connectivity index (χ3n) is 5.71. The molecule has 0 spiro atoms. The first kappa shape index (κ1) is 20.5. The molecule has 2 aliphatic heterocycles. The molecular weight excluding hydrogens is 389 g/mol. The molecule has 1 fully saturated rings. The monoisotopic (exact) mass is 415 g/mol. The summed E-state index contributed by atoms with van der Waals surface area (Å²) in [6.45, 7) is 1.42. The van der Waals surface area contributed by atoms with E-state index in [9.17, 15) is 9.18 Å². The lowest BCUT2D eigenvalue weighted by Gasteiger charge is -2.38. The highest BCUT2D eigenvalue weighted by molar-refractivity contribution is 5.82. The predicted octanol–water partition coefficient (Wildman–Crippen LogP) is 3.53. The molecule has 2 unspecified atom stereocenters. The molecule has 2 aliphatic rings. The van der Waals surface area contributed by atoms with Crippen LogP contribution >= 0.6 is 0 Å². The van der Waals surface area contributed by atoms with Crippen LogP contribution in [0.3, 0.4) is 0 Å². The standard InChI is InChI=1S/C23H26FNO5/c1-27-21-12-15-9-10-25(23(26)20-4-3-11-29-20)19(18(15)13-22(21)28-2)14-30-17-7-5-16(24)6-8-17/h5-8,12-13,19-20H,3-4,9-11,14H2,1-2H3. The Morgan fingerprint density at radius 2 is 1.90 bits per heavy atom. The molecular formula is C23H26FNO5. The quantitative estimate of drug-likeness (QED) is 0.723.